The number of hydrogen-bond acceptors (Lipinski definition) is 4. The van der Waals surface area contributed by atoms with E-state index in [1.54, 1.807) is 18.2 Å². The number of carbonyl (C=O) groups is 1. The van der Waals surface area contributed by atoms with Crippen LogP contribution in [0, 0.1) is 13.8 Å². The number of rotatable bonds is 3. The van der Waals surface area contributed by atoms with Crippen molar-refractivity contribution in [2.75, 3.05) is 11.1 Å². The van der Waals surface area contributed by atoms with Crippen LogP contribution in [0.25, 0.3) is 0 Å². The van der Waals surface area contributed by atoms with Gasteiger partial charge in [0.05, 0.1) is 10.7 Å². The third kappa shape index (κ3) is 3.02. The van der Waals surface area contributed by atoms with Crippen molar-refractivity contribution in [3.05, 3.63) is 43.5 Å². The monoisotopic (exact) mass is 311 g/mol. The smallest absolute Gasteiger partial charge is 0.308 e. The van der Waals surface area contributed by atoms with E-state index < -0.39 is 0 Å². The number of aryl methyl sites for hydroxylation is 1. The molecule has 0 unspecified atom stereocenters. The Hall–Kier alpha value is -1.79. The maximum atomic E-state index is 12.0. The third-order valence-corrected chi connectivity index (χ3v) is 4.30. The average Bonchev–Trinajstić information content (AvgIpc) is 2.61. The number of benzene rings is 1. The molecule has 0 fully saturated rings. The molecule has 1 aromatic heterocycles. The van der Waals surface area contributed by atoms with E-state index in [0.717, 1.165) is 21.9 Å². The number of hydrogen-bond donors (Lipinski definition) is 2. The summed E-state index contributed by atoms with van der Waals surface area (Å²) in [6.07, 6.45) is 0. The molecule has 0 saturated heterocycles. The van der Waals surface area contributed by atoms with Crippen LogP contribution in [0.15, 0.2) is 23.0 Å². The molecule has 0 aliphatic carbocycles. The van der Waals surface area contributed by atoms with Gasteiger partial charge in [0.2, 0.25) is 5.91 Å². The normalized spacial score (nSPS) is 10.6. The van der Waals surface area contributed by atoms with E-state index >= 15 is 0 Å². The summed E-state index contributed by atoms with van der Waals surface area (Å²) >= 11 is 6.95. The Balaban J connectivity index is 2.13. The fourth-order valence-electron chi connectivity index (χ4n) is 1.74. The van der Waals surface area contributed by atoms with E-state index in [-0.39, 0.29) is 17.3 Å². The molecule has 0 saturated carbocycles. The molecular weight excluding hydrogens is 298 g/mol. The molecule has 3 N–H and O–H groups in total. The minimum atomic E-state index is -0.283. The summed E-state index contributed by atoms with van der Waals surface area (Å²) in [4.78, 5) is 24.4. The SMILES string of the molecule is Cc1sc(=O)n(CC(=O)Nc2ccc(Cl)c(N)c2)c1C. The van der Waals surface area contributed by atoms with Gasteiger partial charge >= 0.3 is 4.87 Å². The topological polar surface area (TPSA) is 77.1 Å². The molecule has 0 aliphatic heterocycles. The molecule has 5 nitrogen and oxygen atoms in total. The van der Waals surface area contributed by atoms with Crippen LogP contribution < -0.4 is 15.9 Å². The van der Waals surface area contributed by atoms with Gasteiger partial charge in [0.25, 0.3) is 0 Å². The highest BCUT2D eigenvalue weighted by molar-refractivity contribution is 7.09. The van der Waals surface area contributed by atoms with E-state index in [4.69, 9.17) is 17.3 Å². The predicted molar refractivity (Wildman–Crippen MR) is 82.5 cm³/mol. The van der Waals surface area contributed by atoms with Crippen molar-refractivity contribution in [2.45, 2.75) is 20.4 Å². The van der Waals surface area contributed by atoms with Gasteiger partial charge in [0, 0.05) is 16.3 Å². The molecular formula is C13H14ClN3O2S. The first-order chi connectivity index (χ1) is 9.38. The maximum absolute atomic E-state index is 12.0. The molecule has 2 rings (SSSR count). The summed E-state index contributed by atoms with van der Waals surface area (Å²) in [6, 6.07) is 4.85. The van der Waals surface area contributed by atoms with Gasteiger partial charge in [-0.15, -0.1) is 0 Å². The summed E-state index contributed by atoms with van der Waals surface area (Å²) in [5, 5.41) is 3.12. The van der Waals surface area contributed by atoms with Gasteiger partial charge < -0.3 is 11.1 Å². The first-order valence-electron chi connectivity index (χ1n) is 5.90. The van der Waals surface area contributed by atoms with Crippen molar-refractivity contribution in [3.8, 4) is 0 Å². The van der Waals surface area contributed by atoms with Crippen LogP contribution in [0.3, 0.4) is 0 Å². The van der Waals surface area contributed by atoms with E-state index in [9.17, 15) is 9.59 Å². The van der Waals surface area contributed by atoms with Crippen molar-refractivity contribution < 1.29 is 4.79 Å². The van der Waals surface area contributed by atoms with Crippen molar-refractivity contribution in [1.82, 2.24) is 4.57 Å². The van der Waals surface area contributed by atoms with Crippen LogP contribution >= 0.6 is 22.9 Å². The molecule has 0 atom stereocenters. The van der Waals surface area contributed by atoms with Gasteiger partial charge in [0.1, 0.15) is 6.54 Å². The second-order valence-corrected chi connectivity index (χ2v) is 5.95. The zero-order valence-electron chi connectivity index (χ0n) is 11.1. The zero-order valence-corrected chi connectivity index (χ0v) is 12.6. The molecule has 106 valence electrons. The van der Waals surface area contributed by atoms with Crippen molar-refractivity contribution in [2.24, 2.45) is 0 Å². The van der Waals surface area contributed by atoms with Crippen LogP contribution in [0.1, 0.15) is 10.6 Å². The molecule has 1 amide bonds. The van der Waals surface area contributed by atoms with Crippen LogP contribution in [-0.2, 0) is 11.3 Å². The fourth-order valence-corrected chi connectivity index (χ4v) is 2.68. The van der Waals surface area contributed by atoms with Gasteiger partial charge in [-0.1, -0.05) is 22.9 Å². The lowest BCUT2D eigenvalue weighted by Crippen LogP contribution is -2.25. The number of nitrogens with zero attached hydrogens (tertiary/aromatic N) is 1. The van der Waals surface area contributed by atoms with Crippen molar-refractivity contribution >= 4 is 40.2 Å². The maximum Gasteiger partial charge on any atom is 0.308 e. The van der Waals surface area contributed by atoms with Gasteiger partial charge in [-0.3, -0.25) is 14.2 Å². The minimum absolute atomic E-state index is 0.0163. The standard InChI is InChI=1S/C13H14ClN3O2S/c1-7-8(2)20-13(19)17(7)6-12(18)16-9-3-4-10(14)11(15)5-9/h3-5H,6,15H2,1-2H3,(H,16,18). The minimum Gasteiger partial charge on any atom is -0.397 e. The summed E-state index contributed by atoms with van der Waals surface area (Å²) in [7, 11) is 0. The molecule has 1 aromatic carbocycles. The average molecular weight is 312 g/mol. The summed E-state index contributed by atoms with van der Waals surface area (Å²) in [5.74, 6) is -0.283. The predicted octanol–water partition coefficient (Wildman–Crippen LogP) is 2.40. The number of nitrogen functional groups attached to an aromatic ring is 1. The Morgan fingerprint density at radius 1 is 1.45 bits per heavy atom. The highest BCUT2D eigenvalue weighted by Gasteiger charge is 2.11. The number of halogens is 1. The number of nitrogens with two attached hydrogens (primary N) is 1. The second-order valence-electron chi connectivity index (χ2n) is 4.38. The van der Waals surface area contributed by atoms with E-state index in [1.165, 1.54) is 4.57 Å². The number of carbonyl (C=O) groups excluding carboxylic acids is 1. The van der Waals surface area contributed by atoms with E-state index in [1.807, 2.05) is 13.8 Å². The largest absolute Gasteiger partial charge is 0.397 e. The van der Waals surface area contributed by atoms with Crippen LogP contribution in [0.2, 0.25) is 5.02 Å². The number of aromatic nitrogens is 1. The van der Waals surface area contributed by atoms with Gasteiger partial charge in [-0.25, -0.2) is 0 Å². The Bertz CT molecular complexity index is 721. The van der Waals surface area contributed by atoms with Gasteiger partial charge in [-0.2, -0.15) is 0 Å². The first-order valence-corrected chi connectivity index (χ1v) is 7.09. The van der Waals surface area contributed by atoms with Crippen LogP contribution in [0.4, 0.5) is 11.4 Å². The zero-order chi connectivity index (χ0) is 14.9. The van der Waals surface area contributed by atoms with E-state index in [2.05, 4.69) is 5.32 Å². The van der Waals surface area contributed by atoms with E-state index in [0.29, 0.717) is 16.4 Å². The second kappa shape index (κ2) is 5.68. The number of anilines is 2. The quantitative estimate of drug-likeness (QED) is 0.854. The Labute approximate surface area is 125 Å². The molecule has 7 heteroatoms. The molecule has 0 aliphatic rings. The lowest BCUT2D eigenvalue weighted by molar-refractivity contribution is -0.116. The van der Waals surface area contributed by atoms with Crippen molar-refractivity contribution in [3.63, 3.8) is 0 Å². The summed E-state index contributed by atoms with van der Waals surface area (Å²) in [6.45, 7) is 3.66. The summed E-state index contributed by atoms with van der Waals surface area (Å²) < 4.78 is 1.45. The lowest BCUT2D eigenvalue weighted by Gasteiger charge is -2.08. The number of amides is 1. The first kappa shape index (κ1) is 14.6. The number of nitrogens with one attached hydrogen (secondary N) is 1. The number of thiazole rings is 1. The van der Waals surface area contributed by atoms with Crippen molar-refractivity contribution in [1.29, 1.82) is 0 Å². The third-order valence-electron chi connectivity index (χ3n) is 2.96. The lowest BCUT2D eigenvalue weighted by atomic mass is 10.3. The van der Waals surface area contributed by atoms with Gasteiger partial charge in [-0.05, 0) is 32.0 Å². The molecule has 2 aromatic rings. The molecule has 0 radical (unpaired) electrons. The highest BCUT2D eigenvalue weighted by Crippen LogP contribution is 2.22. The molecule has 0 spiro atoms. The van der Waals surface area contributed by atoms with Crippen LogP contribution in [0.5, 0.6) is 0 Å². The van der Waals surface area contributed by atoms with Crippen LogP contribution in [-0.4, -0.2) is 10.5 Å². The molecule has 20 heavy (non-hydrogen) atoms. The van der Waals surface area contributed by atoms with Gasteiger partial charge in [0.15, 0.2) is 0 Å². The highest BCUT2D eigenvalue weighted by atomic mass is 35.5. The molecule has 0 bridgehead atoms. The Morgan fingerprint density at radius 2 is 2.15 bits per heavy atom. The Morgan fingerprint density at radius 3 is 2.70 bits per heavy atom. The Kier molecular flexibility index (Phi) is 4.15. The summed E-state index contributed by atoms with van der Waals surface area (Å²) in [5.41, 5.74) is 7.42. The molecule has 1 heterocycles. The fraction of sp³-hybridized carbons (Fsp3) is 0.231.